The molecule has 1 fully saturated rings. The summed E-state index contributed by atoms with van der Waals surface area (Å²) in [6.07, 6.45) is 1.65. The van der Waals surface area contributed by atoms with E-state index in [0.717, 1.165) is 12.8 Å². The highest BCUT2D eigenvalue weighted by Crippen LogP contribution is 2.45. The van der Waals surface area contributed by atoms with Gasteiger partial charge in [0, 0.05) is 19.8 Å². The van der Waals surface area contributed by atoms with E-state index < -0.39 is 5.41 Å². The first-order valence-electron chi connectivity index (χ1n) is 6.84. The highest BCUT2D eigenvalue weighted by molar-refractivity contribution is 5.84. The van der Waals surface area contributed by atoms with Crippen molar-refractivity contribution in [1.29, 1.82) is 0 Å². The molecule has 0 spiro atoms. The minimum Gasteiger partial charge on any atom is -0.396 e. The molecule has 2 atom stereocenters. The van der Waals surface area contributed by atoms with Gasteiger partial charge in [0.05, 0.1) is 12.0 Å². The van der Waals surface area contributed by atoms with Gasteiger partial charge in [-0.3, -0.25) is 4.79 Å². The van der Waals surface area contributed by atoms with Crippen LogP contribution in [0.2, 0.25) is 0 Å². The molecule has 1 aliphatic rings. The molecule has 1 saturated heterocycles. The average molecular weight is 257 g/mol. The monoisotopic (exact) mass is 257 g/mol. The number of aliphatic hydroxyl groups is 1. The van der Waals surface area contributed by atoms with Crippen LogP contribution in [0.1, 0.15) is 40.5 Å². The Morgan fingerprint density at radius 1 is 1.50 bits per heavy atom. The third kappa shape index (κ3) is 3.04. The normalized spacial score (nSPS) is 26.1. The maximum Gasteiger partial charge on any atom is 0.229 e. The summed E-state index contributed by atoms with van der Waals surface area (Å²) in [5, 5.41) is 12.1. The van der Waals surface area contributed by atoms with Gasteiger partial charge in [-0.25, -0.2) is 0 Å². The average Bonchev–Trinajstić information content (AvgIpc) is 2.79. The molecule has 106 valence electrons. The highest BCUT2D eigenvalue weighted by Gasteiger charge is 2.50. The molecular formula is C14H27NO3. The van der Waals surface area contributed by atoms with E-state index >= 15 is 0 Å². The van der Waals surface area contributed by atoms with E-state index in [4.69, 9.17) is 9.84 Å². The number of carbonyl (C=O) groups is 1. The van der Waals surface area contributed by atoms with Crippen LogP contribution in [-0.4, -0.2) is 37.4 Å². The van der Waals surface area contributed by atoms with Crippen molar-refractivity contribution < 1.29 is 14.6 Å². The van der Waals surface area contributed by atoms with E-state index in [0.29, 0.717) is 19.8 Å². The molecule has 0 aromatic rings. The molecular weight excluding hydrogens is 230 g/mol. The van der Waals surface area contributed by atoms with Gasteiger partial charge in [-0.2, -0.15) is 0 Å². The molecule has 1 amide bonds. The maximum atomic E-state index is 12.5. The summed E-state index contributed by atoms with van der Waals surface area (Å²) in [6.45, 7) is 10.1. The van der Waals surface area contributed by atoms with Crippen molar-refractivity contribution in [3.63, 3.8) is 0 Å². The number of carbonyl (C=O) groups excluding carboxylic acids is 1. The second-order valence-electron chi connectivity index (χ2n) is 6.30. The molecule has 1 rings (SSSR count). The molecule has 0 aromatic carbocycles. The van der Waals surface area contributed by atoms with Gasteiger partial charge >= 0.3 is 0 Å². The smallest absolute Gasteiger partial charge is 0.229 e. The highest BCUT2D eigenvalue weighted by atomic mass is 16.5. The van der Waals surface area contributed by atoms with Crippen molar-refractivity contribution in [2.45, 2.75) is 40.5 Å². The molecule has 0 saturated carbocycles. The van der Waals surface area contributed by atoms with Crippen molar-refractivity contribution in [1.82, 2.24) is 5.32 Å². The molecule has 2 N–H and O–H groups in total. The molecule has 1 unspecified atom stereocenters. The summed E-state index contributed by atoms with van der Waals surface area (Å²) in [5.74, 6) is 0.215. The van der Waals surface area contributed by atoms with Crippen molar-refractivity contribution in [3.8, 4) is 0 Å². The maximum absolute atomic E-state index is 12.5. The molecule has 0 aromatic heterocycles. The summed E-state index contributed by atoms with van der Waals surface area (Å²) in [6, 6.07) is 0. The molecule has 18 heavy (non-hydrogen) atoms. The van der Waals surface area contributed by atoms with E-state index in [2.05, 4.69) is 26.1 Å². The van der Waals surface area contributed by atoms with E-state index in [1.807, 2.05) is 6.92 Å². The van der Waals surface area contributed by atoms with Gasteiger partial charge in [-0.05, 0) is 24.2 Å². The van der Waals surface area contributed by atoms with Gasteiger partial charge in [0.1, 0.15) is 0 Å². The van der Waals surface area contributed by atoms with Crippen molar-refractivity contribution in [2.75, 3.05) is 26.4 Å². The topological polar surface area (TPSA) is 58.6 Å². The molecule has 0 radical (unpaired) electrons. The zero-order valence-corrected chi connectivity index (χ0v) is 12.1. The molecule has 1 heterocycles. The fourth-order valence-electron chi connectivity index (χ4n) is 2.42. The number of ether oxygens (including phenoxy) is 1. The second kappa shape index (κ2) is 6.02. The molecule has 1 aliphatic heterocycles. The largest absolute Gasteiger partial charge is 0.396 e. The summed E-state index contributed by atoms with van der Waals surface area (Å²) in [7, 11) is 0. The Morgan fingerprint density at radius 3 is 2.56 bits per heavy atom. The third-order valence-corrected chi connectivity index (χ3v) is 4.28. The van der Waals surface area contributed by atoms with Crippen LogP contribution in [0, 0.1) is 16.7 Å². The molecule has 0 bridgehead atoms. The first kappa shape index (κ1) is 15.4. The number of amides is 1. The Hall–Kier alpha value is -0.610. The van der Waals surface area contributed by atoms with Gasteiger partial charge in [-0.15, -0.1) is 0 Å². The Labute approximate surface area is 110 Å². The van der Waals surface area contributed by atoms with Gasteiger partial charge in [0.2, 0.25) is 5.91 Å². The van der Waals surface area contributed by atoms with E-state index in [1.165, 1.54) is 0 Å². The van der Waals surface area contributed by atoms with E-state index in [9.17, 15) is 4.79 Å². The van der Waals surface area contributed by atoms with Crippen LogP contribution < -0.4 is 5.32 Å². The SMILES string of the molecule is CC[C@@H](CO)CNC(=O)C1(C(C)(C)C)CCOC1. The zero-order valence-electron chi connectivity index (χ0n) is 12.1. The standard InChI is InChI=1S/C14H27NO3/c1-5-11(9-16)8-15-12(17)14(13(2,3)4)6-7-18-10-14/h11,16H,5-10H2,1-4H3,(H,15,17)/t11-,14?/m1/s1. The lowest BCUT2D eigenvalue weighted by molar-refractivity contribution is -0.138. The summed E-state index contributed by atoms with van der Waals surface area (Å²) >= 11 is 0. The van der Waals surface area contributed by atoms with Crippen LogP contribution >= 0.6 is 0 Å². The Bertz CT molecular complexity index is 273. The fourth-order valence-corrected chi connectivity index (χ4v) is 2.42. The lowest BCUT2D eigenvalue weighted by Gasteiger charge is -2.39. The quantitative estimate of drug-likeness (QED) is 0.786. The minimum absolute atomic E-state index is 0.0689. The van der Waals surface area contributed by atoms with Crippen molar-refractivity contribution >= 4 is 5.91 Å². The number of hydrogen-bond donors (Lipinski definition) is 2. The predicted molar refractivity (Wildman–Crippen MR) is 71.2 cm³/mol. The van der Waals surface area contributed by atoms with Gasteiger partial charge < -0.3 is 15.2 Å². The Morgan fingerprint density at radius 2 is 2.17 bits per heavy atom. The summed E-state index contributed by atoms with van der Waals surface area (Å²) < 4.78 is 5.46. The van der Waals surface area contributed by atoms with Crippen LogP contribution in [0.4, 0.5) is 0 Å². The third-order valence-electron chi connectivity index (χ3n) is 4.28. The predicted octanol–water partition coefficient (Wildman–Crippen LogP) is 1.57. The van der Waals surface area contributed by atoms with Crippen LogP contribution in [0.5, 0.6) is 0 Å². The first-order valence-corrected chi connectivity index (χ1v) is 6.84. The first-order chi connectivity index (χ1) is 8.37. The summed E-state index contributed by atoms with van der Waals surface area (Å²) in [5.41, 5.74) is -0.546. The van der Waals surface area contributed by atoms with Crippen LogP contribution in [0.3, 0.4) is 0 Å². The fraction of sp³-hybridized carbons (Fsp3) is 0.929. The van der Waals surface area contributed by atoms with Crippen molar-refractivity contribution in [2.24, 2.45) is 16.7 Å². The van der Waals surface area contributed by atoms with Gasteiger partial charge in [0.25, 0.3) is 0 Å². The molecule has 4 nitrogen and oxygen atoms in total. The van der Waals surface area contributed by atoms with Crippen LogP contribution in [-0.2, 0) is 9.53 Å². The molecule has 0 aliphatic carbocycles. The Balaban J connectivity index is 2.68. The number of hydrogen-bond acceptors (Lipinski definition) is 3. The van der Waals surface area contributed by atoms with Crippen molar-refractivity contribution in [3.05, 3.63) is 0 Å². The lowest BCUT2D eigenvalue weighted by Crippen LogP contribution is -2.50. The summed E-state index contributed by atoms with van der Waals surface area (Å²) in [4.78, 5) is 12.5. The van der Waals surface area contributed by atoms with Crippen LogP contribution in [0.15, 0.2) is 0 Å². The minimum atomic E-state index is -0.430. The van der Waals surface area contributed by atoms with Gasteiger partial charge in [-0.1, -0.05) is 27.7 Å². The van der Waals surface area contributed by atoms with Gasteiger partial charge in [0.15, 0.2) is 0 Å². The lowest BCUT2D eigenvalue weighted by atomic mass is 9.65. The number of nitrogens with one attached hydrogen (secondary N) is 1. The number of aliphatic hydroxyl groups excluding tert-OH is 1. The Kier molecular flexibility index (Phi) is 5.17. The second-order valence-corrected chi connectivity index (χ2v) is 6.30. The zero-order chi connectivity index (χ0) is 13.8. The number of rotatable bonds is 5. The van der Waals surface area contributed by atoms with E-state index in [-0.39, 0.29) is 23.8 Å². The van der Waals surface area contributed by atoms with E-state index in [1.54, 1.807) is 0 Å². The van der Waals surface area contributed by atoms with Crippen LogP contribution in [0.25, 0.3) is 0 Å². The molecule has 4 heteroatoms.